The van der Waals surface area contributed by atoms with Gasteiger partial charge in [0.25, 0.3) is 0 Å². The van der Waals surface area contributed by atoms with Crippen LogP contribution in [0.4, 0.5) is 4.39 Å². The van der Waals surface area contributed by atoms with Crippen LogP contribution in [-0.2, 0) is 6.50 Å². The van der Waals surface area contributed by atoms with E-state index in [2.05, 4.69) is 5.32 Å². The Morgan fingerprint density at radius 3 is 2.75 bits per heavy atom. The molecule has 1 saturated heterocycles. The zero-order valence-electron chi connectivity index (χ0n) is 14.0. The zero-order chi connectivity index (χ0) is 15.7. The van der Waals surface area contributed by atoms with Crippen LogP contribution in [-0.4, -0.2) is 31.0 Å². The third kappa shape index (κ3) is 3.29. The maximum Gasteiger partial charge on any atom is 0.123 e. The number of rotatable bonds is 3. The van der Waals surface area contributed by atoms with Gasteiger partial charge in [-0.15, -0.1) is 0 Å². The van der Waals surface area contributed by atoms with Gasteiger partial charge >= 0.3 is 0 Å². The summed E-state index contributed by atoms with van der Waals surface area (Å²) in [4.78, 5) is 1.43. The predicted molar refractivity (Wildman–Crippen MR) is 63.8 cm³/mol. The summed E-state index contributed by atoms with van der Waals surface area (Å²) in [7, 11) is 0. The molecule has 1 fully saturated rings. The second kappa shape index (κ2) is 5.41. The highest BCUT2D eigenvalue weighted by atomic mass is 19.1. The van der Waals surface area contributed by atoms with Gasteiger partial charge in [-0.2, -0.15) is 0 Å². The molecule has 1 aromatic carbocycles. The third-order valence-electron chi connectivity index (χ3n) is 2.76. The van der Waals surface area contributed by atoms with Crippen LogP contribution in [0.15, 0.2) is 24.3 Å². The molecule has 0 bridgehead atoms. The number of piperidine rings is 1. The van der Waals surface area contributed by atoms with Gasteiger partial charge in [0.05, 0.1) is 0 Å². The van der Waals surface area contributed by atoms with E-state index in [9.17, 15) is 4.39 Å². The molecule has 88 valence electrons. The molecule has 1 aliphatic rings. The fraction of sp³-hybridized carbons (Fsp3) is 0.538. The van der Waals surface area contributed by atoms with Crippen molar-refractivity contribution in [3.05, 3.63) is 35.6 Å². The molecule has 0 atom stereocenters. The fourth-order valence-corrected chi connectivity index (χ4v) is 1.74. The molecule has 0 unspecified atom stereocenters. The van der Waals surface area contributed by atoms with Gasteiger partial charge in [-0.1, -0.05) is 12.1 Å². The SMILES string of the molecule is [2H]C([2H])(NC1CCN(C([2H])([2H])[2H])CC1)c1ccc(F)cc1. The minimum absolute atomic E-state index is 0.0938. The summed E-state index contributed by atoms with van der Waals surface area (Å²) in [6.07, 6.45) is 1.14. The van der Waals surface area contributed by atoms with Gasteiger partial charge in [0, 0.05) is 19.4 Å². The minimum atomic E-state index is -2.08. The van der Waals surface area contributed by atoms with Crippen LogP contribution in [0.25, 0.3) is 0 Å². The molecule has 0 aromatic heterocycles. The average molecular weight is 227 g/mol. The normalized spacial score (nSPS) is 25.2. The topological polar surface area (TPSA) is 15.3 Å². The van der Waals surface area contributed by atoms with Crippen LogP contribution < -0.4 is 5.32 Å². The Labute approximate surface area is 103 Å². The highest BCUT2D eigenvalue weighted by molar-refractivity contribution is 5.15. The van der Waals surface area contributed by atoms with E-state index >= 15 is 0 Å². The molecule has 16 heavy (non-hydrogen) atoms. The summed E-state index contributed by atoms with van der Waals surface area (Å²) < 4.78 is 51.1. The summed E-state index contributed by atoms with van der Waals surface area (Å²) in [6.45, 7) is -3.03. The van der Waals surface area contributed by atoms with Crippen LogP contribution in [0.5, 0.6) is 0 Å². The Morgan fingerprint density at radius 2 is 2.12 bits per heavy atom. The molecule has 3 heteroatoms. The van der Waals surface area contributed by atoms with Gasteiger partial charge in [-0.05, 0) is 50.6 Å². The van der Waals surface area contributed by atoms with Crippen LogP contribution in [0.2, 0.25) is 0 Å². The molecule has 0 radical (unpaired) electrons. The lowest BCUT2D eigenvalue weighted by Crippen LogP contribution is -2.40. The molecular formula is C13H19FN2. The minimum Gasteiger partial charge on any atom is -0.310 e. The summed E-state index contributed by atoms with van der Waals surface area (Å²) >= 11 is 0. The standard InChI is InChI=1S/C13H19FN2/c1-16-8-6-13(7-9-16)15-10-11-2-4-12(14)5-3-11/h2-5,13,15H,6-10H2,1H3/i1D3,10D2. The Morgan fingerprint density at radius 1 is 1.44 bits per heavy atom. The zero-order valence-corrected chi connectivity index (χ0v) is 9.04. The van der Waals surface area contributed by atoms with Crippen molar-refractivity contribution in [2.75, 3.05) is 20.1 Å². The van der Waals surface area contributed by atoms with E-state index in [1.54, 1.807) is 0 Å². The number of nitrogens with zero attached hydrogens (tertiary/aromatic N) is 1. The van der Waals surface area contributed by atoms with Crippen LogP contribution in [0.1, 0.15) is 25.3 Å². The van der Waals surface area contributed by atoms with Gasteiger partial charge in [0.15, 0.2) is 0 Å². The monoisotopic (exact) mass is 227 g/mol. The van der Waals surface area contributed by atoms with Crippen LogP contribution >= 0.6 is 0 Å². The molecule has 0 amide bonds. The molecule has 0 spiro atoms. The molecule has 2 nitrogen and oxygen atoms in total. The van der Waals surface area contributed by atoms with Crippen molar-refractivity contribution in [2.24, 2.45) is 0 Å². The van der Waals surface area contributed by atoms with Crippen LogP contribution in [0.3, 0.4) is 0 Å². The lowest BCUT2D eigenvalue weighted by Gasteiger charge is -2.29. The maximum absolute atomic E-state index is 12.9. The Bertz CT molecular complexity index is 466. The fourth-order valence-electron chi connectivity index (χ4n) is 1.74. The third-order valence-corrected chi connectivity index (χ3v) is 2.76. The van der Waals surface area contributed by atoms with Crippen molar-refractivity contribution in [1.82, 2.24) is 10.2 Å². The van der Waals surface area contributed by atoms with Gasteiger partial charge in [-0.25, -0.2) is 4.39 Å². The van der Waals surface area contributed by atoms with Gasteiger partial charge < -0.3 is 10.2 Å². The molecule has 1 heterocycles. The highest BCUT2D eigenvalue weighted by Gasteiger charge is 2.15. The largest absolute Gasteiger partial charge is 0.310 e. The van der Waals surface area contributed by atoms with E-state index in [1.807, 2.05) is 0 Å². The molecule has 1 N–H and O–H groups in total. The number of likely N-dealkylation sites (tertiary alicyclic amines) is 1. The van der Waals surface area contributed by atoms with Crippen molar-refractivity contribution in [2.45, 2.75) is 25.4 Å². The van der Waals surface area contributed by atoms with Crippen molar-refractivity contribution < 1.29 is 11.2 Å². The molecule has 1 aromatic rings. The Balaban J connectivity index is 1.94. The summed E-state index contributed by atoms with van der Waals surface area (Å²) in [5.74, 6) is -0.402. The van der Waals surface area contributed by atoms with Crippen molar-refractivity contribution in [3.8, 4) is 0 Å². The Hall–Kier alpha value is -0.930. The number of hydrogen-bond donors (Lipinski definition) is 1. The van der Waals surface area contributed by atoms with E-state index in [0.717, 1.165) is 0 Å². The van der Waals surface area contributed by atoms with Crippen molar-refractivity contribution in [1.29, 1.82) is 0 Å². The van der Waals surface area contributed by atoms with E-state index in [0.29, 0.717) is 31.5 Å². The quantitative estimate of drug-likeness (QED) is 0.850. The van der Waals surface area contributed by atoms with E-state index in [4.69, 9.17) is 6.85 Å². The molecule has 0 saturated carbocycles. The number of hydrogen-bond acceptors (Lipinski definition) is 2. The van der Waals surface area contributed by atoms with E-state index in [1.165, 1.54) is 29.2 Å². The second-order valence-corrected chi connectivity index (χ2v) is 4.04. The lowest BCUT2D eigenvalue weighted by molar-refractivity contribution is 0.234. The molecule has 2 rings (SSSR count). The molecule has 0 aliphatic carbocycles. The van der Waals surface area contributed by atoms with Crippen molar-refractivity contribution in [3.63, 3.8) is 0 Å². The first-order valence-electron chi connectivity index (χ1n) is 7.97. The predicted octanol–water partition coefficient (Wildman–Crippen LogP) is 2.01. The molecular weight excluding hydrogens is 203 g/mol. The highest BCUT2D eigenvalue weighted by Crippen LogP contribution is 2.09. The van der Waals surface area contributed by atoms with E-state index < -0.39 is 19.3 Å². The van der Waals surface area contributed by atoms with Crippen molar-refractivity contribution >= 4 is 0 Å². The lowest BCUT2D eigenvalue weighted by atomic mass is 10.1. The number of benzene rings is 1. The van der Waals surface area contributed by atoms with Crippen LogP contribution in [0, 0.1) is 5.82 Å². The number of halogens is 1. The first kappa shape index (κ1) is 6.72. The summed E-state index contributed by atoms with van der Waals surface area (Å²) in [5, 5.41) is 2.90. The van der Waals surface area contributed by atoms with E-state index in [-0.39, 0.29) is 6.04 Å². The second-order valence-electron chi connectivity index (χ2n) is 4.04. The van der Waals surface area contributed by atoms with Gasteiger partial charge in [0.1, 0.15) is 5.82 Å². The smallest absolute Gasteiger partial charge is 0.123 e. The maximum atomic E-state index is 12.9. The van der Waals surface area contributed by atoms with Gasteiger partial charge in [0.2, 0.25) is 0 Å². The first-order chi connectivity index (χ1) is 9.68. The average Bonchev–Trinajstić information content (AvgIpc) is 2.38. The first-order valence-corrected chi connectivity index (χ1v) is 5.47. The summed E-state index contributed by atoms with van der Waals surface area (Å²) in [5.41, 5.74) is 0.363. The molecule has 1 aliphatic heterocycles. The summed E-state index contributed by atoms with van der Waals surface area (Å²) in [6, 6.07) is 5.20. The van der Waals surface area contributed by atoms with Gasteiger partial charge in [-0.3, -0.25) is 0 Å². The Kier molecular flexibility index (Phi) is 2.27. The number of nitrogens with one attached hydrogen (secondary N) is 1.